The van der Waals surface area contributed by atoms with Crippen LogP contribution in [-0.2, 0) is 4.79 Å². The Balaban J connectivity index is 1.47. The Hall–Kier alpha value is -0.330. The Bertz CT molecular complexity index is 600. The van der Waals surface area contributed by atoms with E-state index in [-0.39, 0.29) is 5.92 Å². The van der Waals surface area contributed by atoms with E-state index in [1.165, 1.54) is 51.4 Å². The van der Waals surface area contributed by atoms with Crippen LogP contribution in [0.15, 0.2) is 0 Å². The van der Waals surface area contributed by atoms with Gasteiger partial charge in [-0.15, -0.1) is 0 Å². The van der Waals surface area contributed by atoms with Gasteiger partial charge in [-0.05, 0) is 84.9 Å². The number of rotatable bonds is 10. The highest BCUT2D eigenvalue weighted by Gasteiger charge is 2.63. The lowest BCUT2D eigenvalue weighted by molar-refractivity contribution is -0.206. The molecule has 4 saturated carbocycles. The highest BCUT2D eigenvalue weighted by molar-refractivity contribution is 5.83. The first-order chi connectivity index (χ1) is 14.5. The van der Waals surface area contributed by atoms with Crippen LogP contribution in [0.1, 0.15) is 126 Å². The lowest BCUT2D eigenvalue weighted by atomic mass is 9.35. The number of hydrogen-bond acceptors (Lipinski definition) is 1. The summed E-state index contributed by atoms with van der Waals surface area (Å²) < 4.78 is 0. The Morgan fingerprint density at radius 3 is 2.19 bits per heavy atom. The van der Waals surface area contributed by atoms with Crippen LogP contribution in [0.4, 0.5) is 0 Å². The normalized spacial score (nSPS) is 36.8. The summed E-state index contributed by atoms with van der Waals surface area (Å²) in [7, 11) is 0. The van der Waals surface area contributed by atoms with Crippen LogP contribution in [0.2, 0.25) is 0 Å². The molecule has 0 radical (unpaired) electrons. The molecule has 1 heteroatoms. The zero-order valence-electron chi connectivity index (χ0n) is 22.3. The number of fused-ring (bicyclic) bond motifs is 2. The minimum Gasteiger partial charge on any atom is -0.299 e. The zero-order chi connectivity index (χ0) is 23.0. The van der Waals surface area contributed by atoms with E-state index >= 15 is 0 Å². The first-order valence-corrected chi connectivity index (χ1v) is 14.1. The van der Waals surface area contributed by atoms with Gasteiger partial charge in [0.15, 0.2) is 0 Å². The van der Waals surface area contributed by atoms with Gasteiger partial charge >= 0.3 is 0 Å². The fraction of sp³-hybridized carbons (Fsp3) is 0.967. The Kier molecular flexibility index (Phi) is 8.07. The van der Waals surface area contributed by atoms with Gasteiger partial charge < -0.3 is 0 Å². The number of carbonyl (C=O) groups is 1. The van der Waals surface area contributed by atoms with Crippen molar-refractivity contribution < 1.29 is 4.79 Å². The lowest BCUT2D eigenvalue weighted by Gasteiger charge is -2.69. The number of carbonyl (C=O) groups excluding carboxylic acids is 1. The Morgan fingerprint density at radius 1 is 0.968 bits per heavy atom. The topological polar surface area (TPSA) is 17.1 Å². The monoisotopic (exact) mass is 430 g/mol. The van der Waals surface area contributed by atoms with Crippen molar-refractivity contribution >= 4 is 5.78 Å². The first-order valence-electron chi connectivity index (χ1n) is 14.1. The maximum absolute atomic E-state index is 13.1. The van der Waals surface area contributed by atoms with Gasteiger partial charge in [-0.25, -0.2) is 0 Å². The smallest absolute Gasteiger partial charge is 0.139 e. The highest BCUT2D eigenvalue weighted by Crippen LogP contribution is 2.71. The number of ketones is 1. The molecule has 4 aliphatic rings. The molecule has 31 heavy (non-hydrogen) atoms. The molecule has 0 aromatic heterocycles. The van der Waals surface area contributed by atoms with E-state index in [2.05, 4.69) is 55.4 Å². The summed E-state index contributed by atoms with van der Waals surface area (Å²) in [6.07, 6.45) is 14.2. The summed E-state index contributed by atoms with van der Waals surface area (Å²) in [5, 5.41) is 0. The average Bonchev–Trinajstić information content (AvgIpc) is 2.75. The third-order valence-electron chi connectivity index (χ3n) is 11.4. The third kappa shape index (κ3) is 4.96. The number of hydrogen-bond donors (Lipinski definition) is 0. The average molecular weight is 431 g/mol. The molecule has 0 aromatic rings. The summed E-state index contributed by atoms with van der Waals surface area (Å²) in [5.74, 6) is 6.18. The minimum absolute atomic E-state index is 0.269. The van der Waals surface area contributed by atoms with Crippen LogP contribution in [0.5, 0.6) is 0 Å². The van der Waals surface area contributed by atoms with Crippen molar-refractivity contribution in [3.8, 4) is 0 Å². The van der Waals surface area contributed by atoms with Crippen LogP contribution >= 0.6 is 0 Å². The van der Waals surface area contributed by atoms with Gasteiger partial charge in [0.1, 0.15) is 5.78 Å². The van der Waals surface area contributed by atoms with Crippen LogP contribution < -0.4 is 0 Å². The first kappa shape index (κ1) is 25.3. The molecule has 0 amide bonds. The largest absolute Gasteiger partial charge is 0.299 e. The highest BCUT2D eigenvalue weighted by atomic mass is 16.1. The third-order valence-corrected chi connectivity index (χ3v) is 11.4. The van der Waals surface area contributed by atoms with Crippen molar-refractivity contribution in [1.82, 2.24) is 0 Å². The van der Waals surface area contributed by atoms with E-state index < -0.39 is 0 Å². The lowest BCUT2D eigenvalue weighted by Crippen LogP contribution is -2.62. The second-order valence-corrected chi connectivity index (χ2v) is 13.4. The zero-order valence-corrected chi connectivity index (χ0v) is 22.3. The van der Waals surface area contributed by atoms with Gasteiger partial charge in [-0.1, -0.05) is 87.5 Å². The molecule has 0 spiro atoms. The van der Waals surface area contributed by atoms with E-state index in [0.717, 1.165) is 48.9 Å². The van der Waals surface area contributed by atoms with Crippen molar-refractivity contribution in [3.05, 3.63) is 0 Å². The molecule has 1 nitrogen and oxygen atoms in total. The molecule has 0 aromatic carbocycles. The van der Waals surface area contributed by atoms with E-state index in [1.807, 2.05) is 0 Å². The van der Waals surface area contributed by atoms with Gasteiger partial charge in [0.05, 0.1) is 0 Å². The maximum atomic E-state index is 13.1. The summed E-state index contributed by atoms with van der Waals surface area (Å²) in [6.45, 7) is 19.8. The van der Waals surface area contributed by atoms with Gasteiger partial charge in [-0.2, -0.15) is 0 Å². The van der Waals surface area contributed by atoms with Crippen molar-refractivity contribution in [2.45, 2.75) is 126 Å². The maximum Gasteiger partial charge on any atom is 0.139 e. The van der Waals surface area contributed by atoms with Crippen LogP contribution in [0.25, 0.3) is 0 Å². The molecule has 0 N–H and O–H groups in total. The van der Waals surface area contributed by atoms with Crippen molar-refractivity contribution in [2.24, 2.45) is 58.2 Å². The second-order valence-electron chi connectivity index (χ2n) is 13.4. The van der Waals surface area contributed by atoms with Gasteiger partial charge in [0, 0.05) is 11.8 Å². The summed E-state index contributed by atoms with van der Waals surface area (Å²) in [6, 6.07) is 0. The van der Waals surface area contributed by atoms with Crippen molar-refractivity contribution in [2.75, 3.05) is 0 Å². The molecule has 8 atom stereocenters. The fourth-order valence-electron chi connectivity index (χ4n) is 8.46. The Labute approximate surface area is 194 Å². The predicted octanol–water partition coefficient (Wildman–Crippen LogP) is 8.95. The SMILES string of the molecule is CC[C@@H](CC[C@H](C)C[C@H](C)C1CC2(C)CC([C@@H]1C)C2(C)C)C(C)C(=O)C1CCCCC1. The van der Waals surface area contributed by atoms with E-state index in [9.17, 15) is 4.79 Å². The molecule has 4 unspecified atom stereocenters. The molecular weight excluding hydrogens is 376 g/mol. The molecule has 0 saturated heterocycles. The van der Waals surface area contributed by atoms with Crippen molar-refractivity contribution in [3.63, 3.8) is 0 Å². The summed E-state index contributed by atoms with van der Waals surface area (Å²) >= 11 is 0. The molecule has 2 bridgehead atoms. The number of Topliss-reactive ketones (excluding diaryl/α,β-unsaturated/α-hetero) is 1. The van der Waals surface area contributed by atoms with Gasteiger partial charge in [-0.3, -0.25) is 4.79 Å². The summed E-state index contributed by atoms with van der Waals surface area (Å²) in [5.41, 5.74) is 1.12. The molecule has 0 aliphatic heterocycles. The fourth-order valence-corrected chi connectivity index (χ4v) is 8.46. The molecular formula is C30H54O. The van der Waals surface area contributed by atoms with Crippen LogP contribution in [0, 0.1) is 58.2 Å². The second kappa shape index (κ2) is 9.89. The van der Waals surface area contributed by atoms with Crippen LogP contribution in [-0.4, -0.2) is 5.78 Å². The molecule has 180 valence electrons. The summed E-state index contributed by atoms with van der Waals surface area (Å²) in [4.78, 5) is 13.1. The molecule has 0 heterocycles. The van der Waals surface area contributed by atoms with E-state index in [4.69, 9.17) is 0 Å². The Morgan fingerprint density at radius 2 is 1.61 bits per heavy atom. The molecule has 4 aliphatic carbocycles. The van der Waals surface area contributed by atoms with Gasteiger partial charge in [0.25, 0.3) is 0 Å². The minimum atomic E-state index is 0.269. The van der Waals surface area contributed by atoms with Gasteiger partial charge in [0.2, 0.25) is 0 Å². The van der Waals surface area contributed by atoms with E-state index in [0.29, 0.717) is 28.4 Å². The molecule has 4 rings (SSSR count). The van der Waals surface area contributed by atoms with Crippen molar-refractivity contribution in [1.29, 1.82) is 0 Å². The standard InChI is InChI=1S/C30H54O/c1-9-24(22(4)28(31)25-13-11-10-12-14-25)16-15-20(2)17-21(3)26-18-30(8)19-27(23(26)5)29(30,6)7/h20-27H,9-19H2,1-8H3/t20-,21-,22?,23+,24-,26?,27?,30?/m0/s1. The predicted molar refractivity (Wildman–Crippen MR) is 134 cm³/mol. The van der Waals surface area contributed by atoms with Crippen LogP contribution in [0.3, 0.4) is 0 Å². The quantitative estimate of drug-likeness (QED) is 0.338. The van der Waals surface area contributed by atoms with E-state index in [1.54, 1.807) is 0 Å². The molecule has 4 fully saturated rings.